The predicted molar refractivity (Wildman–Crippen MR) is 44.2 cm³/mol. The molecule has 0 spiro atoms. The molecule has 1 unspecified atom stereocenters. The fourth-order valence-electron chi connectivity index (χ4n) is 0.717. The molecule has 0 amide bonds. The molecule has 0 aromatic heterocycles. The Morgan fingerprint density at radius 2 is 2.18 bits per heavy atom. The van der Waals surface area contributed by atoms with E-state index in [1.807, 2.05) is 24.3 Å². The molecule has 1 rings (SSSR count). The van der Waals surface area contributed by atoms with Crippen molar-refractivity contribution < 1.29 is 9.90 Å². The first-order valence-corrected chi connectivity index (χ1v) is 5.74. The first-order valence-electron chi connectivity index (χ1n) is 3.21. The van der Waals surface area contributed by atoms with E-state index in [0.29, 0.717) is 0 Å². The standard InChI is InChI=1S/C8H8AsO2/c10-8(11)9-6-7-4-2-1-3-5-7/h2-5,9H,6H2,(H,10,11). The number of hydrogen-bond donors (Lipinski definition) is 1. The van der Waals surface area contributed by atoms with Crippen LogP contribution >= 0.6 is 0 Å². The van der Waals surface area contributed by atoms with Crippen LogP contribution in [0.4, 0.5) is 4.79 Å². The average molecular weight is 211 g/mol. The topological polar surface area (TPSA) is 37.3 Å². The number of carbonyl (C=O) groups is 1. The normalized spacial score (nSPS) is 10.5. The third kappa shape index (κ3) is 3.24. The van der Waals surface area contributed by atoms with Crippen LogP contribution in [0.25, 0.3) is 0 Å². The van der Waals surface area contributed by atoms with Crippen molar-refractivity contribution in [3.05, 3.63) is 35.9 Å². The van der Waals surface area contributed by atoms with Crippen LogP contribution in [0, 0.1) is 6.07 Å². The average Bonchev–Trinajstić information content (AvgIpc) is 2.03. The second-order valence-electron chi connectivity index (χ2n) is 2.07. The van der Waals surface area contributed by atoms with Crippen LogP contribution < -0.4 is 0 Å². The van der Waals surface area contributed by atoms with Gasteiger partial charge in [-0.25, -0.2) is 0 Å². The predicted octanol–water partition coefficient (Wildman–Crippen LogP) is 1.10. The van der Waals surface area contributed by atoms with Gasteiger partial charge in [-0.1, -0.05) is 0 Å². The van der Waals surface area contributed by atoms with Gasteiger partial charge in [-0.3, -0.25) is 0 Å². The van der Waals surface area contributed by atoms with Crippen LogP contribution in [0.2, 0.25) is 0 Å². The van der Waals surface area contributed by atoms with Crippen molar-refractivity contribution in [3.8, 4) is 0 Å². The SMILES string of the molecule is O=C(O)[AsH]Cc1cc[c]cc1. The Hall–Kier alpha value is -0.752. The molecule has 0 aliphatic rings. The summed E-state index contributed by atoms with van der Waals surface area (Å²) in [5.74, 6) is 0. The van der Waals surface area contributed by atoms with Gasteiger partial charge in [0.2, 0.25) is 0 Å². The Balaban J connectivity index is 2.45. The Labute approximate surface area is 71.9 Å². The van der Waals surface area contributed by atoms with Crippen molar-refractivity contribution in [3.63, 3.8) is 0 Å². The van der Waals surface area contributed by atoms with Crippen LogP contribution in [0.5, 0.6) is 0 Å². The van der Waals surface area contributed by atoms with Gasteiger partial charge >= 0.3 is 71.5 Å². The summed E-state index contributed by atoms with van der Waals surface area (Å²) in [5, 5.41) is 9.15. The van der Waals surface area contributed by atoms with E-state index >= 15 is 0 Å². The molecule has 1 N–H and O–H groups in total. The molecule has 0 aliphatic heterocycles. The van der Waals surface area contributed by atoms with E-state index in [1.165, 1.54) is 0 Å². The molecule has 1 atom stereocenters. The number of benzene rings is 1. The Bertz CT molecular complexity index is 233. The maximum absolute atomic E-state index is 10.2. The minimum absolute atomic E-state index is 0.627. The molecule has 1 aromatic carbocycles. The van der Waals surface area contributed by atoms with E-state index in [2.05, 4.69) is 6.07 Å². The second-order valence-corrected chi connectivity index (χ2v) is 4.45. The summed E-state index contributed by atoms with van der Waals surface area (Å²) in [5.41, 5.74) is 1.10. The molecule has 0 saturated heterocycles. The number of rotatable bonds is 3. The van der Waals surface area contributed by atoms with Gasteiger partial charge in [0.25, 0.3) is 0 Å². The molecular weight excluding hydrogens is 203 g/mol. The fourth-order valence-corrected chi connectivity index (χ4v) is 1.96. The van der Waals surface area contributed by atoms with Gasteiger partial charge in [0, 0.05) is 0 Å². The van der Waals surface area contributed by atoms with Gasteiger partial charge in [0.1, 0.15) is 0 Å². The summed E-state index contributed by atoms with van der Waals surface area (Å²) in [4.78, 5) is 10.2. The van der Waals surface area contributed by atoms with E-state index in [4.69, 9.17) is 5.11 Å². The van der Waals surface area contributed by atoms with Gasteiger partial charge in [-0.15, -0.1) is 0 Å². The molecule has 3 heteroatoms. The molecule has 57 valence electrons. The fraction of sp³-hybridized carbons (Fsp3) is 0.125. The van der Waals surface area contributed by atoms with Crippen LogP contribution in [-0.2, 0) is 5.21 Å². The molecule has 0 aliphatic carbocycles. The molecule has 1 radical (unpaired) electrons. The van der Waals surface area contributed by atoms with E-state index in [1.54, 1.807) is 0 Å². The summed E-state index contributed by atoms with van der Waals surface area (Å²) in [7, 11) is 0. The van der Waals surface area contributed by atoms with Gasteiger partial charge in [0.15, 0.2) is 0 Å². The summed E-state index contributed by atoms with van der Waals surface area (Å²) in [6.07, 6.45) is 0. The number of hydrogen-bond acceptors (Lipinski definition) is 1. The van der Waals surface area contributed by atoms with Gasteiger partial charge in [-0.05, 0) is 0 Å². The third-order valence-electron chi connectivity index (χ3n) is 1.23. The zero-order chi connectivity index (χ0) is 8.10. The van der Waals surface area contributed by atoms with Gasteiger partial charge in [-0.2, -0.15) is 0 Å². The van der Waals surface area contributed by atoms with Gasteiger partial charge in [0.05, 0.1) is 0 Å². The second kappa shape index (κ2) is 4.19. The van der Waals surface area contributed by atoms with Crippen LogP contribution in [-0.4, -0.2) is 25.6 Å². The Morgan fingerprint density at radius 1 is 1.55 bits per heavy atom. The van der Waals surface area contributed by atoms with E-state index in [9.17, 15) is 4.79 Å². The monoisotopic (exact) mass is 211 g/mol. The molecule has 0 fully saturated rings. The van der Waals surface area contributed by atoms with Crippen molar-refractivity contribution in [2.75, 3.05) is 0 Å². The molecule has 11 heavy (non-hydrogen) atoms. The molecule has 0 bridgehead atoms. The van der Waals surface area contributed by atoms with Crippen LogP contribution in [0.3, 0.4) is 0 Å². The Kier molecular flexibility index (Phi) is 3.18. The van der Waals surface area contributed by atoms with E-state index in [-0.39, 0.29) is 0 Å². The molecule has 2 nitrogen and oxygen atoms in total. The summed E-state index contributed by atoms with van der Waals surface area (Å²) in [6, 6.07) is 10.3. The first-order chi connectivity index (χ1) is 5.29. The maximum atomic E-state index is 10.2. The van der Waals surface area contributed by atoms with Crippen molar-refractivity contribution in [2.24, 2.45) is 0 Å². The van der Waals surface area contributed by atoms with Gasteiger partial charge < -0.3 is 0 Å². The molecule has 1 aromatic rings. The summed E-state index contributed by atoms with van der Waals surface area (Å²) >= 11 is -0.835. The summed E-state index contributed by atoms with van der Waals surface area (Å²) in [6.45, 7) is 0. The van der Waals surface area contributed by atoms with E-state index in [0.717, 1.165) is 10.8 Å². The first kappa shape index (κ1) is 8.35. The van der Waals surface area contributed by atoms with Crippen LogP contribution in [0.1, 0.15) is 5.56 Å². The Morgan fingerprint density at radius 3 is 2.73 bits per heavy atom. The van der Waals surface area contributed by atoms with Crippen molar-refractivity contribution in [1.82, 2.24) is 0 Å². The number of carboxylic acid groups (broad SMARTS) is 1. The minimum atomic E-state index is -0.835. The van der Waals surface area contributed by atoms with Crippen molar-refractivity contribution in [2.45, 2.75) is 5.21 Å². The molecule has 0 heterocycles. The zero-order valence-electron chi connectivity index (χ0n) is 5.87. The zero-order valence-corrected chi connectivity index (χ0v) is 7.97. The quantitative estimate of drug-likeness (QED) is 0.760. The van der Waals surface area contributed by atoms with E-state index < -0.39 is 20.5 Å². The van der Waals surface area contributed by atoms with Crippen molar-refractivity contribution in [1.29, 1.82) is 0 Å². The molecule has 0 saturated carbocycles. The van der Waals surface area contributed by atoms with Crippen LogP contribution in [0.15, 0.2) is 24.3 Å². The molecular formula is C8H8AsO2. The third-order valence-corrected chi connectivity index (χ3v) is 3.09. The van der Waals surface area contributed by atoms with Crippen molar-refractivity contribution >= 4 is 20.5 Å². The summed E-state index contributed by atoms with van der Waals surface area (Å²) < 4.78 is -0.627.